The van der Waals surface area contributed by atoms with Crippen LogP contribution in [-0.2, 0) is 11.3 Å². The summed E-state index contributed by atoms with van der Waals surface area (Å²) in [6.07, 6.45) is 2.47. The van der Waals surface area contributed by atoms with E-state index in [1.807, 2.05) is 42.2 Å². The summed E-state index contributed by atoms with van der Waals surface area (Å²) in [6, 6.07) is 16.3. The van der Waals surface area contributed by atoms with Crippen molar-refractivity contribution in [2.24, 2.45) is 0 Å². The van der Waals surface area contributed by atoms with E-state index in [2.05, 4.69) is 13.8 Å². The van der Waals surface area contributed by atoms with E-state index < -0.39 is 5.82 Å². The topological polar surface area (TPSA) is 47.4 Å². The van der Waals surface area contributed by atoms with Gasteiger partial charge in [0.05, 0.1) is 23.5 Å². The van der Waals surface area contributed by atoms with Crippen LogP contribution in [-0.4, -0.2) is 26.6 Å². The second kappa shape index (κ2) is 8.92. The van der Waals surface area contributed by atoms with Crippen LogP contribution in [0.3, 0.4) is 0 Å². The highest BCUT2D eigenvalue weighted by molar-refractivity contribution is 5.76. The number of hydrogen-bond acceptors (Lipinski definition) is 3. The van der Waals surface area contributed by atoms with E-state index in [1.165, 1.54) is 6.07 Å². The number of carbonyl (C=O) groups is 1. The lowest BCUT2D eigenvalue weighted by atomic mass is 10.1. The molecule has 0 spiro atoms. The molecule has 0 N–H and O–H groups in total. The van der Waals surface area contributed by atoms with Gasteiger partial charge in [0.25, 0.3) is 0 Å². The summed E-state index contributed by atoms with van der Waals surface area (Å²) in [5, 5.41) is 4.85. The fourth-order valence-electron chi connectivity index (χ4n) is 3.72. The molecule has 1 aliphatic rings. The Balaban J connectivity index is 1.85. The molecule has 6 heteroatoms. The lowest BCUT2D eigenvalue weighted by molar-refractivity contribution is -0.132. The molecule has 0 atom stereocenters. The Morgan fingerprint density at radius 1 is 1.16 bits per heavy atom. The van der Waals surface area contributed by atoms with Crippen molar-refractivity contribution in [3.05, 3.63) is 71.7 Å². The van der Waals surface area contributed by atoms with E-state index in [-0.39, 0.29) is 23.6 Å². The van der Waals surface area contributed by atoms with Gasteiger partial charge >= 0.3 is 0 Å². The molecule has 1 fully saturated rings. The second-order valence-corrected chi connectivity index (χ2v) is 8.21. The number of carbonyl (C=O) groups excluding carboxylic acids is 1. The van der Waals surface area contributed by atoms with Gasteiger partial charge in [0, 0.05) is 12.5 Å². The predicted molar refractivity (Wildman–Crippen MR) is 118 cm³/mol. The first kappa shape index (κ1) is 21.1. The van der Waals surface area contributed by atoms with Crippen molar-refractivity contribution < 1.29 is 13.9 Å². The lowest BCUT2D eigenvalue weighted by Crippen LogP contribution is -2.32. The summed E-state index contributed by atoms with van der Waals surface area (Å²) in [4.78, 5) is 14.6. The SMILES string of the molecule is CCC(=O)N(Cc1c(C(C)C)nn(-c2ccccc2)c1Oc1ccccc1F)C1CC1. The van der Waals surface area contributed by atoms with Crippen molar-refractivity contribution in [1.29, 1.82) is 0 Å². The van der Waals surface area contributed by atoms with Crippen molar-refractivity contribution in [2.45, 2.75) is 58.5 Å². The average Bonchev–Trinajstić information content (AvgIpc) is 3.55. The molecule has 5 nitrogen and oxygen atoms in total. The molecule has 31 heavy (non-hydrogen) atoms. The number of amides is 1. The summed E-state index contributed by atoms with van der Waals surface area (Å²) in [6.45, 7) is 6.42. The number of ether oxygens (including phenoxy) is 1. The number of hydrogen-bond donors (Lipinski definition) is 0. The number of nitrogens with zero attached hydrogens (tertiary/aromatic N) is 3. The Kier molecular flexibility index (Phi) is 6.07. The maximum absolute atomic E-state index is 14.5. The summed E-state index contributed by atoms with van der Waals surface area (Å²) in [5.41, 5.74) is 2.50. The molecule has 0 unspecified atom stereocenters. The fourth-order valence-corrected chi connectivity index (χ4v) is 3.72. The van der Waals surface area contributed by atoms with Crippen LogP contribution in [0.15, 0.2) is 54.6 Å². The van der Waals surface area contributed by atoms with Gasteiger partial charge in [-0.15, -0.1) is 0 Å². The molecule has 1 aromatic heterocycles. The van der Waals surface area contributed by atoms with Gasteiger partial charge < -0.3 is 9.64 Å². The normalized spacial score (nSPS) is 13.5. The second-order valence-electron chi connectivity index (χ2n) is 8.21. The van der Waals surface area contributed by atoms with E-state index in [4.69, 9.17) is 9.84 Å². The monoisotopic (exact) mass is 421 g/mol. The summed E-state index contributed by atoms with van der Waals surface area (Å²) >= 11 is 0. The van der Waals surface area contributed by atoms with Crippen molar-refractivity contribution >= 4 is 5.91 Å². The molecule has 0 radical (unpaired) electrons. The molecule has 3 aromatic rings. The summed E-state index contributed by atoms with van der Waals surface area (Å²) in [5.74, 6) is 0.372. The van der Waals surface area contributed by atoms with Crippen molar-refractivity contribution in [3.8, 4) is 17.3 Å². The van der Waals surface area contributed by atoms with E-state index in [1.54, 1.807) is 22.9 Å². The van der Waals surface area contributed by atoms with Gasteiger partial charge in [0.2, 0.25) is 11.8 Å². The molecule has 162 valence electrons. The van der Waals surface area contributed by atoms with Gasteiger partial charge in [-0.2, -0.15) is 5.10 Å². The number of halogens is 1. The van der Waals surface area contributed by atoms with Crippen molar-refractivity contribution in [2.75, 3.05) is 0 Å². The van der Waals surface area contributed by atoms with Crippen molar-refractivity contribution in [3.63, 3.8) is 0 Å². The molecule has 1 heterocycles. The van der Waals surface area contributed by atoms with Crippen LogP contribution in [0.4, 0.5) is 4.39 Å². The molecule has 0 aliphatic heterocycles. The molecule has 0 bridgehead atoms. The van der Waals surface area contributed by atoms with Crippen molar-refractivity contribution in [1.82, 2.24) is 14.7 Å². The Bertz CT molecular complexity index is 1060. The highest BCUT2D eigenvalue weighted by atomic mass is 19.1. The van der Waals surface area contributed by atoms with Crippen LogP contribution < -0.4 is 4.74 Å². The molecule has 4 rings (SSSR count). The van der Waals surface area contributed by atoms with E-state index in [9.17, 15) is 9.18 Å². The molecule has 1 amide bonds. The third-order valence-electron chi connectivity index (χ3n) is 5.50. The zero-order valence-corrected chi connectivity index (χ0v) is 18.2. The zero-order valence-electron chi connectivity index (χ0n) is 18.2. The molecular weight excluding hydrogens is 393 g/mol. The fraction of sp³-hybridized carbons (Fsp3) is 0.360. The van der Waals surface area contributed by atoms with Crippen LogP contribution in [0.25, 0.3) is 5.69 Å². The van der Waals surface area contributed by atoms with Gasteiger partial charge in [-0.25, -0.2) is 9.07 Å². The average molecular weight is 422 g/mol. The maximum atomic E-state index is 14.5. The number of para-hydroxylation sites is 2. The maximum Gasteiger partial charge on any atom is 0.228 e. The first-order valence-electron chi connectivity index (χ1n) is 10.9. The molecule has 1 saturated carbocycles. The van der Waals surface area contributed by atoms with Crippen LogP contribution in [0.5, 0.6) is 11.6 Å². The number of aromatic nitrogens is 2. The van der Waals surface area contributed by atoms with Crippen LogP contribution >= 0.6 is 0 Å². The van der Waals surface area contributed by atoms with Gasteiger partial charge in [0.1, 0.15) is 0 Å². The van der Waals surface area contributed by atoms with E-state index in [0.717, 1.165) is 29.8 Å². The highest BCUT2D eigenvalue weighted by Crippen LogP contribution is 2.38. The number of benzene rings is 2. The Labute approximate surface area is 182 Å². The van der Waals surface area contributed by atoms with Crippen LogP contribution in [0.1, 0.15) is 57.2 Å². The standard InChI is InChI=1S/C25H28FN3O2/c1-4-23(30)28(18-14-15-18)16-20-24(17(2)3)27-29(19-10-6-5-7-11-19)25(20)31-22-13-9-8-12-21(22)26/h5-13,17-18H,4,14-16H2,1-3H3. The van der Waals surface area contributed by atoms with E-state index in [0.29, 0.717) is 18.8 Å². The van der Waals surface area contributed by atoms with Gasteiger partial charge in [-0.3, -0.25) is 4.79 Å². The third-order valence-corrected chi connectivity index (χ3v) is 5.50. The first-order valence-corrected chi connectivity index (χ1v) is 10.9. The van der Waals surface area contributed by atoms with E-state index >= 15 is 0 Å². The number of rotatable bonds is 8. The smallest absolute Gasteiger partial charge is 0.228 e. The summed E-state index contributed by atoms with van der Waals surface area (Å²) < 4.78 is 22.4. The Morgan fingerprint density at radius 2 is 1.84 bits per heavy atom. The molecule has 0 saturated heterocycles. The minimum absolute atomic E-state index is 0.112. The Hall–Kier alpha value is -3.15. The quantitative estimate of drug-likeness (QED) is 0.460. The molecule has 1 aliphatic carbocycles. The Morgan fingerprint density at radius 3 is 2.45 bits per heavy atom. The minimum atomic E-state index is -0.441. The first-order chi connectivity index (χ1) is 15.0. The predicted octanol–water partition coefficient (Wildman–Crippen LogP) is 5.83. The molecule has 2 aromatic carbocycles. The van der Waals surface area contributed by atoms with Crippen LogP contribution in [0, 0.1) is 5.82 Å². The minimum Gasteiger partial charge on any atom is -0.435 e. The largest absolute Gasteiger partial charge is 0.435 e. The van der Waals surface area contributed by atoms with Gasteiger partial charge in [0.15, 0.2) is 11.6 Å². The summed E-state index contributed by atoms with van der Waals surface area (Å²) in [7, 11) is 0. The van der Waals surface area contributed by atoms with Gasteiger partial charge in [-0.1, -0.05) is 51.1 Å². The molecular formula is C25H28FN3O2. The van der Waals surface area contributed by atoms with Crippen LogP contribution in [0.2, 0.25) is 0 Å². The third kappa shape index (κ3) is 4.48. The van der Waals surface area contributed by atoms with Gasteiger partial charge in [-0.05, 0) is 43.0 Å². The lowest BCUT2D eigenvalue weighted by Gasteiger charge is -2.23. The zero-order chi connectivity index (χ0) is 22.0. The highest BCUT2D eigenvalue weighted by Gasteiger charge is 2.34.